The minimum absolute atomic E-state index is 0.163. The molecule has 2 rings (SSSR count). The zero-order valence-electron chi connectivity index (χ0n) is 12.2. The molecule has 3 nitrogen and oxygen atoms in total. The van der Waals surface area contributed by atoms with Crippen LogP contribution < -0.4 is 0 Å². The van der Waals surface area contributed by atoms with E-state index in [0.717, 1.165) is 26.2 Å². The minimum Gasteiger partial charge on any atom is -0.346 e. The molecule has 0 aromatic heterocycles. The summed E-state index contributed by atoms with van der Waals surface area (Å²) in [4.78, 5) is 2.55. The van der Waals surface area contributed by atoms with Gasteiger partial charge in [0.25, 0.3) is 0 Å². The standard InChI is InChI=1S/C14H27NO2/c1-12(2,3)11-9-14(16-7-8-17-14)10-15(11)13(4,5)6/h11H,7-10H2,1-6H3/t11-/m0/s1. The third-order valence-corrected chi connectivity index (χ3v) is 3.97. The number of nitrogens with zero attached hydrogens (tertiary/aromatic N) is 1. The molecule has 0 unspecified atom stereocenters. The topological polar surface area (TPSA) is 21.7 Å². The SMILES string of the molecule is CC(C)(C)[C@@H]1CC2(CN1C(C)(C)C)OCCO2. The smallest absolute Gasteiger partial charge is 0.182 e. The van der Waals surface area contributed by atoms with E-state index < -0.39 is 0 Å². The van der Waals surface area contributed by atoms with E-state index in [0.29, 0.717) is 6.04 Å². The van der Waals surface area contributed by atoms with Crippen molar-refractivity contribution >= 4 is 0 Å². The van der Waals surface area contributed by atoms with Gasteiger partial charge in [0.15, 0.2) is 5.79 Å². The van der Waals surface area contributed by atoms with Crippen molar-refractivity contribution in [2.75, 3.05) is 19.8 Å². The molecule has 0 aromatic carbocycles. The van der Waals surface area contributed by atoms with E-state index in [1.54, 1.807) is 0 Å². The summed E-state index contributed by atoms with van der Waals surface area (Å²) in [5.41, 5.74) is 0.419. The van der Waals surface area contributed by atoms with Crippen molar-refractivity contribution in [1.82, 2.24) is 4.90 Å². The summed E-state index contributed by atoms with van der Waals surface area (Å²) in [6.45, 7) is 16.2. The van der Waals surface area contributed by atoms with Crippen LogP contribution in [0.15, 0.2) is 0 Å². The van der Waals surface area contributed by atoms with E-state index in [-0.39, 0.29) is 16.7 Å². The van der Waals surface area contributed by atoms with Gasteiger partial charge in [-0.1, -0.05) is 20.8 Å². The third-order valence-electron chi connectivity index (χ3n) is 3.97. The Kier molecular flexibility index (Phi) is 3.08. The van der Waals surface area contributed by atoms with E-state index in [4.69, 9.17) is 9.47 Å². The average molecular weight is 241 g/mol. The Labute approximate surface area is 105 Å². The average Bonchev–Trinajstić information content (AvgIpc) is 2.72. The molecule has 0 bridgehead atoms. The van der Waals surface area contributed by atoms with Crippen LogP contribution in [0.4, 0.5) is 0 Å². The first-order valence-electron chi connectivity index (χ1n) is 6.69. The van der Waals surface area contributed by atoms with E-state index in [2.05, 4.69) is 46.4 Å². The van der Waals surface area contributed by atoms with Crippen molar-refractivity contribution in [1.29, 1.82) is 0 Å². The van der Waals surface area contributed by atoms with Gasteiger partial charge in [0, 0.05) is 18.0 Å². The highest BCUT2D eigenvalue weighted by molar-refractivity contribution is 5.02. The highest BCUT2D eigenvalue weighted by Crippen LogP contribution is 2.44. The molecule has 3 heteroatoms. The van der Waals surface area contributed by atoms with Gasteiger partial charge in [-0.05, 0) is 26.2 Å². The van der Waals surface area contributed by atoms with Crippen LogP contribution >= 0.6 is 0 Å². The molecule has 100 valence electrons. The Morgan fingerprint density at radius 1 is 1.00 bits per heavy atom. The normalized spacial score (nSPS) is 30.4. The van der Waals surface area contributed by atoms with E-state index >= 15 is 0 Å². The number of ether oxygens (including phenoxy) is 2. The summed E-state index contributed by atoms with van der Waals surface area (Å²) in [7, 11) is 0. The van der Waals surface area contributed by atoms with E-state index in [9.17, 15) is 0 Å². The molecule has 0 saturated carbocycles. The molecule has 0 amide bonds. The first kappa shape index (κ1) is 13.3. The molecule has 0 radical (unpaired) electrons. The molecule has 2 heterocycles. The summed E-state index contributed by atoms with van der Waals surface area (Å²) in [6, 6.07) is 0.514. The number of hydrogen-bond donors (Lipinski definition) is 0. The molecule has 1 spiro atoms. The zero-order chi connectivity index (χ0) is 12.9. The van der Waals surface area contributed by atoms with Crippen LogP contribution in [0.3, 0.4) is 0 Å². The second-order valence-corrected chi connectivity index (χ2v) is 7.49. The van der Waals surface area contributed by atoms with Crippen molar-refractivity contribution in [2.45, 2.75) is 65.3 Å². The van der Waals surface area contributed by atoms with Gasteiger partial charge in [0.1, 0.15) is 0 Å². The summed E-state index contributed by atoms with van der Waals surface area (Å²) < 4.78 is 11.8. The van der Waals surface area contributed by atoms with Gasteiger partial charge in [-0.3, -0.25) is 4.90 Å². The lowest BCUT2D eigenvalue weighted by Gasteiger charge is -2.42. The molecule has 0 aromatic rings. The summed E-state index contributed by atoms with van der Waals surface area (Å²) in [6.07, 6.45) is 0.994. The monoisotopic (exact) mass is 241 g/mol. The van der Waals surface area contributed by atoms with Crippen LogP contribution in [-0.4, -0.2) is 42.0 Å². The molecule has 2 aliphatic rings. The molecule has 1 atom stereocenters. The Hall–Kier alpha value is -0.120. The fourth-order valence-electron chi connectivity index (χ4n) is 3.02. The molecule has 0 N–H and O–H groups in total. The molecule has 2 aliphatic heterocycles. The van der Waals surface area contributed by atoms with Crippen molar-refractivity contribution in [2.24, 2.45) is 5.41 Å². The highest BCUT2D eigenvalue weighted by atomic mass is 16.7. The quantitative estimate of drug-likeness (QED) is 0.651. The summed E-state index contributed by atoms with van der Waals surface area (Å²) in [5.74, 6) is -0.328. The van der Waals surface area contributed by atoms with Crippen LogP contribution in [0.25, 0.3) is 0 Å². The van der Waals surface area contributed by atoms with Crippen molar-refractivity contribution < 1.29 is 9.47 Å². The van der Waals surface area contributed by atoms with Crippen LogP contribution in [-0.2, 0) is 9.47 Å². The molecular weight excluding hydrogens is 214 g/mol. The summed E-state index contributed by atoms with van der Waals surface area (Å²) in [5, 5.41) is 0. The van der Waals surface area contributed by atoms with Crippen LogP contribution in [0.2, 0.25) is 0 Å². The van der Waals surface area contributed by atoms with Gasteiger partial charge in [0.05, 0.1) is 19.8 Å². The van der Waals surface area contributed by atoms with E-state index in [1.165, 1.54) is 0 Å². The maximum Gasteiger partial charge on any atom is 0.182 e. The molecule has 2 saturated heterocycles. The highest BCUT2D eigenvalue weighted by Gasteiger charge is 2.53. The second kappa shape index (κ2) is 3.94. The van der Waals surface area contributed by atoms with Crippen molar-refractivity contribution in [3.63, 3.8) is 0 Å². The predicted octanol–water partition coefficient (Wildman–Crippen LogP) is 2.65. The largest absolute Gasteiger partial charge is 0.346 e. The maximum absolute atomic E-state index is 5.89. The molecular formula is C14H27NO2. The summed E-state index contributed by atoms with van der Waals surface area (Å²) >= 11 is 0. The van der Waals surface area contributed by atoms with Crippen molar-refractivity contribution in [3.8, 4) is 0 Å². The Morgan fingerprint density at radius 3 is 1.88 bits per heavy atom. The number of rotatable bonds is 0. The fraction of sp³-hybridized carbons (Fsp3) is 1.00. The lowest BCUT2D eigenvalue weighted by Crippen LogP contribution is -2.50. The van der Waals surface area contributed by atoms with E-state index in [1.807, 2.05) is 0 Å². The first-order valence-corrected chi connectivity index (χ1v) is 6.69. The second-order valence-electron chi connectivity index (χ2n) is 7.49. The van der Waals surface area contributed by atoms with Crippen molar-refractivity contribution in [3.05, 3.63) is 0 Å². The van der Waals surface area contributed by atoms with Crippen LogP contribution in [0, 0.1) is 5.41 Å². The fourth-order valence-corrected chi connectivity index (χ4v) is 3.02. The Balaban J connectivity index is 2.24. The van der Waals surface area contributed by atoms with Crippen LogP contribution in [0.5, 0.6) is 0 Å². The molecule has 0 aliphatic carbocycles. The molecule has 17 heavy (non-hydrogen) atoms. The van der Waals surface area contributed by atoms with Gasteiger partial charge in [0.2, 0.25) is 0 Å². The predicted molar refractivity (Wildman–Crippen MR) is 69.0 cm³/mol. The maximum atomic E-state index is 5.89. The zero-order valence-corrected chi connectivity index (χ0v) is 12.2. The number of hydrogen-bond acceptors (Lipinski definition) is 3. The van der Waals surface area contributed by atoms with Gasteiger partial charge in [-0.25, -0.2) is 0 Å². The van der Waals surface area contributed by atoms with Gasteiger partial charge < -0.3 is 9.47 Å². The first-order chi connectivity index (χ1) is 7.64. The number of likely N-dealkylation sites (tertiary alicyclic amines) is 1. The Morgan fingerprint density at radius 2 is 1.53 bits per heavy atom. The Bertz CT molecular complexity index is 258. The third kappa shape index (κ3) is 2.51. The molecule has 2 fully saturated rings. The van der Waals surface area contributed by atoms with Crippen LogP contribution in [0.1, 0.15) is 48.0 Å². The van der Waals surface area contributed by atoms with Gasteiger partial charge in [-0.2, -0.15) is 0 Å². The lowest BCUT2D eigenvalue weighted by molar-refractivity contribution is -0.148. The van der Waals surface area contributed by atoms with Gasteiger partial charge >= 0.3 is 0 Å². The lowest BCUT2D eigenvalue weighted by atomic mass is 9.83. The minimum atomic E-state index is -0.328. The van der Waals surface area contributed by atoms with Gasteiger partial charge in [-0.15, -0.1) is 0 Å².